The van der Waals surface area contributed by atoms with E-state index < -0.39 is 0 Å². The maximum atomic E-state index is 11.2. The van der Waals surface area contributed by atoms with E-state index in [2.05, 4.69) is 5.32 Å². The van der Waals surface area contributed by atoms with Crippen molar-refractivity contribution in [3.05, 3.63) is 35.4 Å². The van der Waals surface area contributed by atoms with Crippen molar-refractivity contribution in [3.63, 3.8) is 0 Å². The summed E-state index contributed by atoms with van der Waals surface area (Å²) in [6, 6.07) is 7.48. The van der Waals surface area contributed by atoms with E-state index in [0.29, 0.717) is 11.5 Å². The second kappa shape index (κ2) is 5.24. The summed E-state index contributed by atoms with van der Waals surface area (Å²) in [4.78, 5) is 24.6. The van der Waals surface area contributed by atoms with E-state index in [9.17, 15) is 9.59 Å². The Hall–Kier alpha value is -1.79. The van der Waals surface area contributed by atoms with Crippen molar-refractivity contribution in [1.29, 1.82) is 0 Å². The normalized spacial score (nSPS) is 16.4. The summed E-state index contributed by atoms with van der Waals surface area (Å²) in [5, 5.41) is 2.26. The molecule has 0 bridgehead atoms. The van der Waals surface area contributed by atoms with Gasteiger partial charge in [-0.2, -0.15) is 0 Å². The Morgan fingerprint density at radius 3 is 2.61 bits per heavy atom. The highest BCUT2D eigenvalue weighted by Crippen LogP contribution is 2.09. The van der Waals surface area contributed by atoms with Crippen LogP contribution in [0, 0.1) is 0 Å². The van der Waals surface area contributed by atoms with Gasteiger partial charge >= 0.3 is 0 Å². The fraction of sp³-hybridized carbons (Fsp3) is 0.250. The van der Waals surface area contributed by atoms with Crippen LogP contribution in [0.5, 0.6) is 0 Å². The Morgan fingerprint density at radius 1 is 1.33 bits per heavy atom. The van der Waals surface area contributed by atoms with Crippen LogP contribution in [0.15, 0.2) is 24.3 Å². The summed E-state index contributed by atoms with van der Waals surface area (Å²) in [6.45, 7) is 0.974. The number of benzene rings is 1. The Labute approximate surface area is 110 Å². The lowest BCUT2D eigenvalue weighted by atomic mass is 10.1. The van der Waals surface area contributed by atoms with Gasteiger partial charge in [-0.3, -0.25) is 19.8 Å². The number of thiocarbonyl (C=S) groups is 1. The number of carbonyl (C=O) groups excluding carboxylic acids is 2. The topological polar surface area (TPSA) is 75.4 Å². The van der Waals surface area contributed by atoms with Crippen LogP contribution in [-0.2, 0) is 16.1 Å². The van der Waals surface area contributed by atoms with E-state index in [0.717, 1.165) is 11.1 Å². The van der Waals surface area contributed by atoms with Crippen molar-refractivity contribution in [2.75, 3.05) is 13.1 Å². The molecule has 1 fully saturated rings. The summed E-state index contributed by atoms with van der Waals surface area (Å²) >= 11 is 4.91. The molecule has 5 nitrogen and oxygen atoms in total. The fourth-order valence-electron chi connectivity index (χ4n) is 1.89. The van der Waals surface area contributed by atoms with Gasteiger partial charge in [0.1, 0.15) is 4.99 Å². The molecule has 2 amide bonds. The van der Waals surface area contributed by atoms with Crippen LogP contribution in [0.3, 0.4) is 0 Å². The second-order valence-corrected chi connectivity index (χ2v) is 4.62. The molecule has 1 saturated heterocycles. The van der Waals surface area contributed by atoms with E-state index in [1.165, 1.54) is 0 Å². The van der Waals surface area contributed by atoms with Crippen LogP contribution in [0.2, 0.25) is 0 Å². The molecule has 1 aliphatic rings. The van der Waals surface area contributed by atoms with E-state index in [1.807, 2.05) is 24.3 Å². The number of nitrogens with zero attached hydrogens (tertiary/aromatic N) is 1. The van der Waals surface area contributed by atoms with Gasteiger partial charge in [-0.15, -0.1) is 0 Å². The van der Waals surface area contributed by atoms with Crippen molar-refractivity contribution < 1.29 is 9.59 Å². The molecule has 3 N–H and O–H groups in total. The zero-order chi connectivity index (χ0) is 13.1. The number of hydrogen-bond donors (Lipinski definition) is 2. The van der Waals surface area contributed by atoms with Crippen LogP contribution in [-0.4, -0.2) is 34.8 Å². The zero-order valence-corrected chi connectivity index (χ0v) is 10.5. The minimum Gasteiger partial charge on any atom is -0.389 e. The molecule has 1 aromatic carbocycles. The molecule has 0 atom stereocenters. The Morgan fingerprint density at radius 2 is 2.00 bits per heavy atom. The maximum absolute atomic E-state index is 11.2. The number of hydrogen-bond acceptors (Lipinski definition) is 4. The average Bonchev–Trinajstić information content (AvgIpc) is 2.27. The first-order valence-corrected chi connectivity index (χ1v) is 5.89. The van der Waals surface area contributed by atoms with Crippen LogP contribution >= 0.6 is 12.2 Å². The van der Waals surface area contributed by atoms with Gasteiger partial charge in [0.2, 0.25) is 11.8 Å². The fourth-order valence-corrected chi connectivity index (χ4v) is 2.02. The Kier molecular flexibility index (Phi) is 3.69. The highest BCUT2D eigenvalue weighted by atomic mass is 32.1. The lowest BCUT2D eigenvalue weighted by Crippen LogP contribution is -2.50. The van der Waals surface area contributed by atoms with Crippen LogP contribution in [0.1, 0.15) is 11.1 Å². The smallest absolute Gasteiger partial charge is 0.240 e. The van der Waals surface area contributed by atoms with E-state index >= 15 is 0 Å². The zero-order valence-electron chi connectivity index (χ0n) is 9.68. The molecule has 1 heterocycles. The molecule has 18 heavy (non-hydrogen) atoms. The minimum absolute atomic E-state index is 0.225. The molecule has 0 aliphatic carbocycles. The van der Waals surface area contributed by atoms with E-state index in [-0.39, 0.29) is 24.9 Å². The van der Waals surface area contributed by atoms with Crippen LogP contribution in [0.25, 0.3) is 0 Å². The molecule has 1 aromatic rings. The Bertz CT molecular complexity index is 500. The third-order valence-corrected chi connectivity index (χ3v) is 2.87. The molecule has 1 aliphatic heterocycles. The van der Waals surface area contributed by atoms with Gasteiger partial charge in [0.05, 0.1) is 13.1 Å². The quantitative estimate of drug-likeness (QED) is 0.582. The summed E-state index contributed by atoms with van der Waals surface area (Å²) in [5.41, 5.74) is 7.32. The summed E-state index contributed by atoms with van der Waals surface area (Å²) in [7, 11) is 0. The minimum atomic E-state index is -0.267. The number of nitrogens with one attached hydrogen (secondary N) is 1. The van der Waals surface area contributed by atoms with Gasteiger partial charge in [-0.25, -0.2) is 0 Å². The summed E-state index contributed by atoms with van der Waals surface area (Å²) < 4.78 is 0. The van der Waals surface area contributed by atoms with Gasteiger partial charge in [0.15, 0.2) is 0 Å². The molecular formula is C12H13N3O2S. The number of nitrogens with two attached hydrogens (primary N) is 1. The van der Waals surface area contributed by atoms with Gasteiger partial charge in [0, 0.05) is 12.1 Å². The first-order chi connectivity index (χ1) is 8.54. The van der Waals surface area contributed by atoms with Crippen molar-refractivity contribution >= 4 is 29.0 Å². The molecule has 0 aromatic heterocycles. The maximum Gasteiger partial charge on any atom is 0.240 e. The molecule has 0 spiro atoms. The van der Waals surface area contributed by atoms with E-state index in [1.54, 1.807) is 4.90 Å². The molecule has 6 heteroatoms. The average molecular weight is 263 g/mol. The highest BCUT2D eigenvalue weighted by Gasteiger charge is 2.22. The van der Waals surface area contributed by atoms with Gasteiger partial charge in [-0.05, 0) is 11.6 Å². The van der Waals surface area contributed by atoms with Gasteiger partial charge in [0.25, 0.3) is 0 Å². The van der Waals surface area contributed by atoms with Gasteiger partial charge in [-0.1, -0.05) is 30.4 Å². The Balaban J connectivity index is 2.09. The number of rotatable bonds is 3. The molecular weight excluding hydrogens is 250 g/mol. The predicted molar refractivity (Wildman–Crippen MR) is 70.8 cm³/mol. The molecule has 2 rings (SSSR count). The largest absolute Gasteiger partial charge is 0.389 e. The highest BCUT2D eigenvalue weighted by molar-refractivity contribution is 7.80. The number of carbonyl (C=O) groups is 2. The molecule has 94 valence electrons. The third-order valence-electron chi connectivity index (χ3n) is 2.63. The van der Waals surface area contributed by atoms with E-state index in [4.69, 9.17) is 18.0 Å². The number of amides is 2. The molecule has 0 unspecified atom stereocenters. The number of imide groups is 1. The number of piperazine rings is 1. The van der Waals surface area contributed by atoms with Crippen molar-refractivity contribution in [3.8, 4) is 0 Å². The second-order valence-electron chi connectivity index (χ2n) is 4.18. The molecule has 0 saturated carbocycles. The van der Waals surface area contributed by atoms with Crippen LogP contribution < -0.4 is 11.1 Å². The monoisotopic (exact) mass is 263 g/mol. The first kappa shape index (κ1) is 12.7. The summed E-state index contributed by atoms with van der Waals surface area (Å²) in [5.74, 6) is -0.534. The lowest BCUT2D eigenvalue weighted by molar-refractivity contribution is -0.136. The third kappa shape index (κ3) is 3.12. The standard InChI is InChI=1S/C12H13N3O2S/c13-12(18)9-3-1-2-8(4-9)5-15-6-10(16)14-11(17)7-15/h1-4H,5-7H2,(H2,13,18)(H,14,16,17). The lowest BCUT2D eigenvalue weighted by Gasteiger charge is -2.25. The summed E-state index contributed by atoms with van der Waals surface area (Å²) in [6.07, 6.45) is 0. The predicted octanol–water partition coefficient (Wildman–Crippen LogP) is -0.221. The van der Waals surface area contributed by atoms with Crippen LogP contribution in [0.4, 0.5) is 0 Å². The first-order valence-electron chi connectivity index (χ1n) is 5.48. The van der Waals surface area contributed by atoms with Crippen molar-refractivity contribution in [2.45, 2.75) is 6.54 Å². The van der Waals surface area contributed by atoms with Crippen molar-refractivity contribution in [1.82, 2.24) is 10.2 Å². The SMILES string of the molecule is NC(=S)c1cccc(CN2CC(=O)NC(=O)C2)c1. The van der Waals surface area contributed by atoms with Gasteiger partial charge < -0.3 is 5.73 Å². The molecule has 0 radical (unpaired) electrons. The van der Waals surface area contributed by atoms with Crippen molar-refractivity contribution in [2.24, 2.45) is 5.73 Å².